The average molecular weight is 590 g/mol. The lowest BCUT2D eigenvalue weighted by molar-refractivity contribution is -0.115. The molecule has 1 fully saturated rings. The Kier molecular flexibility index (Phi) is 8.80. The van der Waals surface area contributed by atoms with Crippen molar-refractivity contribution in [2.75, 3.05) is 6.61 Å². The molecule has 5 rings (SSSR count). The smallest absolute Gasteiger partial charge is 0.264 e. The number of nitrogens with zero attached hydrogens (tertiary/aromatic N) is 1. The molecule has 40 heavy (non-hydrogen) atoms. The summed E-state index contributed by atoms with van der Waals surface area (Å²) in [6.45, 7) is 6.70. The van der Waals surface area contributed by atoms with Crippen LogP contribution >= 0.6 is 35.0 Å². The van der Waals surface area contributed by atoms with Crippen LogP contribution in [0.5, 0.6) is 11.5 Å². The Morgan fingerprint density at radius 3 is 2.62 bits per heavy atom. The number of amides is 1. The van der Waals surface area contributed by atoms with E-state index in [0.717, 1.165) is 27.5 Å². The first kappa shape index (κ1) is 27.8. The molecule has 0 unspecified atom stereocenters. The normalized spacial score (nSPS) is 15.0. The number of ether oxygens (including phenoxy) is 2. The van der Waals surface area contributed by atoms with E-state index in [9.17, 15) is 4.79 Å². The molecule has 8 heteroatoms. The van der Waals surface area contributed by atoms with Gasteiger partial charge in [-0.3, -0.25) is 4.79 Å². The number of benzene rings is 4. The molecule has 1 N–H and O–H groups in total. The second-order valence-electron chi connectivity index (χ2n) is 8.91. The van der Waals surface area contributed by atoms with Crippen LogP contribution in [0.2, 0.25) is 10.0 Å². The lowest BCUT2D eigenvalue weighted by atomic mass is 10.0. The van der Waals surface area contributed by atoms with E-state index >= 15 is 0 Å². The molecule has 0 spiro atoms. The van der Waals surface area contributed by atoms with Crippen LogP contribution in [-0.4, -0.2) is 17.7 Å². The number of allylic oxidation sites excluding steroid dienone is 1. The zero-order chi connectivity index (χ0) is 28.1. The number of rotatable bonds is 9. The van der Waals surface area contributed by atoms with Gasteiger partial charge in [0.05, 0.1) is 27.2 Å². The highest BCUT2D eigenvalue weighted by atomic mass is 35.5. The number of halogens is 2. The maximum absolute atomic E-state index is 12.8. The second-order valence-corrected chi connectivity index (χ2v) is 10.7. The van der Waals surface area contributed by atoms with E-state index in [2.05, 4.69) is 41.2 Å². The van der Waals surface area contributed by atoms with Crippen LogP contribution in [0.15, 0.2) is 95.3 Å². The Balaban J connectivity index is 1.45. The average Bonchev–Trinajstić information content (AvgIpc) is 3.29. The van der Waals surface area contributed by atoms with Crippen LogP contribution < -0.4 is 14.8 Å². The zero-order valence-electron chi connectivity index (χ0n) is 21.7. The predicted octanol–water partition coefficient (Wildman–Crippen LogP) is 8.74. The van der Waals surface area contributed by atoms with Crippen LogP contribution in [0.3, 0.4) is 0 Å². The Hall–Kier alpha value is -3.71. The standard InChI is InChI=1S/C32H26Cl2N2O3S/c1-3-9-22-16-20(18-28-31(37)36-32(40-28)35-26-15-8-14-25(33)29(26)34)17-27(38-4-2)30(22)39-19-23-12-7-11-21-10-5-6-13-24(21)23/h3,5-8,10-18H,1,4,9,19H2,2H3,(H,35,36,37)/b28-18+. The minimum atomic E-state index is -0.249. The molecule has 1 saturated heterocycles. The van der Waals surface area contributed by atoms with Crippen molar-refractivity contribution in [3.05, 3.63) is 117 Å². The molecule has 0 aromatic heterocycles. The van der Waals surface area contributed by atoms with Crippen molar-refractivity contribution in [3.8, 4) is 11.5 Å². The third-order valence-corrected chi connectivity index (χ3v) is 7.89. The summed E-state index contributed by atoms with van der Waals surface area (Å²) in [7, 11) is 0. The van der Waals surface area contributed by atoms with E-state index in [4.69, 9.17) is 32.7 Å². The van der Waals surface area contributed by atoms with Crippen molar-refractivity contribution in [3.63, 3.8) is 0 Å². The number of hydrogen-bond donors (Lipinski definition) is 1. The Bertz CT molecular complexity index is 1660. The quantitative estimate of drug-likeness (QED) is 0.157. The van der Waals surface area contributed by atoms with Crippen LogP contribution in [0.25, 0.3) is 16.8 Å². The fourth-order valence-electron chi connectivity index (χ4n) is 4.39. The highest BCUT2D eigenvalue weighted by Crippen LogP contribution is 2.38. The number of amidine groups is 1. The van der Waals surface area contributed by atoms with Gasteiger partial charge >= 0.3 is 0 Å². The van der Waals surface area contributed by atoms with E-state index in [1.165, 1.54) is 11.8 Å². The van der Waals surface area contributed by atoms with Gasteiger partial charge in [-0.15, -0.1) is 6.58 Å². The predicted molar refractivity (Wildman–Crippen MR) is 167 cm³/mol. The topological polar surface area (TPSA) is 59.9 Å². The van der Waals surface area contributed by atoms with E-state index < -0.39 is 0 Å². The van der Waals surface area contributed by atoms with Gasteiger partial charge in [0.1, 0.15) is 6.61 Å². The largest absolute Gasteiger partial charge is 0.490 e. The maximum atomic E-state index is 12.8. The van der Waals surface area contributed by atoms with E-state index in [0.29, 0.717) is 56.9 Å². The highest BCUT2D eigenvalue weighted by molar-refractivity contribution is 8.18. The minimum Gasteiger partial charge on any atom is -0.490 e. The van der Waals surface area contributed by atoms with Crippen LogP contribution in [0.4, 0.5) is 5.69 Å². The minimum absolute atomic E-state index is 0.249. The third kappa shape index (κ3) is 6.20. The highest BCUT2D eigenvalue weighted by Gasteiger charge is 2.25. The van der Waals surface area contributed by atoms with Crippen molar-refractivity contribution < 1.29 is 14.3 Å². The van der Waals surface area contributed by atoms with Gasteiger partial charge in [0.2, 0.25) is 0 Å². The molecule has 0 radical (unpaired) electrons. The summed E-state index contributed by atoms with van der Waals surface area (Å²) in [5.74, 6) is 1.02. The van der Waals surface area contributed by atoms with E-state index in [-0.39, 0.29) is 5.91 Å². The molecule has 4 aromatic carbocycles. The molecular weight excluding hydrogens is 563 g/mol. The molecule has 5 nitrogen and oxygen atoms in total. The summed E-state index contributed by atoms with van der Waals surface area (Å²) >= 11 is 13.6. The van der Waals surface area contributed by atoms with Crippen molar-refractivity contribution in [2.45, 2.75) is 20.0 Å². The molecule has 1 amide bonds. The first-order chi connectivity index (χ1) is 19.5. The SMILES string of the molecule is C=CCc1cc(/C=C2/SC(=Nc3cccc(Cl)c3Cl)NC2=O)cc(OCC)c1OCc1cccc2ccccc12. The van der Waals surface area contributed by atoms with Crippen LogP contribution in [0, 0.1) is 0 Å². The third-order valence-electron chi connectivity index (χ3n) is 6.17. The summed E-state index contributed by atoms with van der Waals surface area (Å²) in [5.41, 5.74) is 3.29. The lowest BCUT2D eigenvalue weighted by Gasteiger charge is -2.17. The molecule has 1 aliphatic rings. The van der Waals surface area contributed by atoms with Gasteiger partial charge in [0.25, 0.3) is 5.91 Å². The molecule has 4 aromatic rings. The van der Waals surface area contributed by atoms with Gasteiger partial charge in [0, 0.05) is 5.56 Å². The number of carbonyl (C=O) groups excluding carboxylic acids is 1. The first-order valence-electron chi connectivity index (χ1n) is 12.7. The summed E-state index contributed by atoms with van der Waals surface area (Å²) in [6.07, 6.45) is 4.20. The molecule has 0 atom stereocenters. The number of aliphatic imine (C=N–C) groups is 1. The monoisotopic (exact) mass is 588 g/mol. The Morgan fingerprint density at radius 2 is 1.80 bits per heavy atom. The van der Waals surface area contributed by atoms with Crippen LogP contribution in [0.1, 0.15) is 23.6 Å². The number of nitrogens with one attached hydrogen (secondary N) is 1. The number of hydrogen-bond acceptors (Lipinski definition) is 5. The Labute approximate surface area is 247 Å². The molecule has 202 valence electrons. The molecule has 0 aliphatic carbocycles. The lowest BCUT2D eigenvalue weighted by Crippen LogP contribution is -2.19. The van der Waals surface area contributed by atoms with E-state index in [1.807, 2.05) is 49.4 Å². The van der Waals surface area contributed by atoms with Gasteiger partial charge in [0.15, 0.2) is 16.7 Å². The fourth-order valence-corrected chi connectivity index (χ4v) is 5.56. The maximum Gasteiger partial charge on any atom is 0.264 e. The van der Waals surface area contributed by atoms with Gasteiger partial charge in [-0.25, -0.2) is 4.99 Å². The first-order valence-corrected chi connectivity index (χ1v) is 14.3. The van der Waals surface area contributed by atoms with Crippen molar-refractivity contribution in [1.82, 2.24) is 5.32 Å². The van der Waals surface area contributed by atoms with Gasteiger partial charge in [-0.2, -0.15) is 0 Å². The number of thioether (sulfide) groups is 1. The van der Waals surface area contributed by atoms with Crippen molar-refractivity contribution >= 4 is 68.6 Å². The van der Waals surface area contributed by atoms with Gasteiger partial charge < -0.3 is 14.8 Å². The Morgan fingerprint density at radius 1 is 1.00 bits per heavy atom. The van der Waals surface area contributed by atoms with Crippen LogP contribution in [-0.2, 0) is 17.8 Å². The summed E-state index contributed by atoms with van der Waals surface area (Å²) in [4.78, 5) is 17.7. The number of fused-ring (bicyclic) bond motifs is 1. The molecule has 0 saturated carbocycles. The second kappa shape index (κ2) is 12.6. The zero-order valence-corrected chi connectivity index (χ0v) is 24.1. The van der Waals surface area contributed by atoms with Gasteiger partial charge in [-0.1, -0.05) is 77.8 Å². The summed E-state index contributed by atoms with van der Waals surface area (Å²) in [5, 5.41) is 6.26. The molecule has 1 heterocycles. The molecule has 0 bridgehead atoms. The molecule has 1 aliphatic heterocycles. The van der Waals surface area contributed by atoms with E-state index in [1.54, 1.807) is 18.2 Å². The summed E-state index contributed by atoms with van der Waals surface area (Å²) in [6, 6.07) is 23.5. The van der Waals surface area contributed by atoms with Gasteiger partial charge in [-0.05, 0) is 77.3 Å². The summed E-state index contributed by atoms with van der Waals surface area (Å²) < 4.78 is 12.4. The molecular formula is C32H26Cl2N2O3S. The van der Waals surface area contributed by atoms with Crippen molar-refractivity contribution in [2.24, 2.45) is 4.99 Å². The number of carbonyl (C=O) groups is 1. The fraction of sp³-hybridized carbons (Fsp3) is 0.125. The van der Waals surface area contributed by atoms with Crippen molar-refractivity contribution in [1.29, 1.82) is 0 Å².